The van der Waals surface area contributed by atoms with Crippen molar-refractivity contribution in [3.8, 4) is 0 Å². The van der Waals surface area contributed by atoms with E-state index in [1.54, 1.807) is 0 Å². The topological polar surface area (TPSA) is 35.2 Å². The van der Waals surface area contributed by atoms with Crippen LogP contribution in [0.1, 0.15) is 0 Å². The van der Waals surface area contributed by atoms with E-state index >= 15 is 0 Å². The van der Waals surface area contributed by atoms with Crippen molar-refractivity contribution in [2.45, 2.75) is 10.1 Å². The van der Waals surface area contributed by atoms with Gasteiger partial charge in [0.2, 0.25) is 0 Å². The maximum absolute atomic E-state index is 5.65. The number of nitrogen functional groups attached to an aromatic ring is 1. The molecule has 0 radical (unpaired) electrons. The van der Waals surface area contributed by atoms with Gasteiger partial charge in [-0.2, -0.15) is 0 Å². The van der Waals surface area contributed by atoms with Crippen molar-refractivity contribution < 1.29 is 4.74 Å². The van der Waals surface area contributed by atoms with Gasteiger partial charge in [-0.15, -0.1) is 11.8 Å². The van der Waals surface area contributed by atoms with Gasteiger partial charge >= 0.3 is 0 Å². The van der Waals surface area contributed by atoms with E-state index in [4.69, 9.17) is 10.5 Å². The summed E-state index contributed by atoms with van der Waals surface area (Å²) in [6, 6.07) is 7.97. The fourth-order valence-electron chi connectivity index (χ4n) is 1.06. The van der Waals surface area contributed by atoms with Crippen molar-refractivity contribution in [2.75, 3.05) is 18.9 Å². The van der Waals surface area contributed by atoms with Gasteiger partial charge in [-0.05, 0) is 18.2 Å². The number of hydrogen-bond acceptors (Lipinski definition) is 3. The average molecular weight is 181 g/mol. The minimum atomic E-state index is 0.631. The van der Waals surface area contributed by atoms with Crippen molar-refractivity contribution >= 4 is 17.4 Å². The molecular formula is C9H11NOS. The van der Waals surface area contributed by atoms with Crippen molar-refractivity contribution in [1.82, 2.24) is 0 Å². The van der Waals surface area contributed by atoms with Crippen molar-refractivity contribution in [1.29, 1.82) is 0 Å². The van der Waals surface area contributed by atoms with Gasteiger partial charge in [-0.3, -0.25) is 0 Å². The number of hydrogen-bond donors (Lipinski definition) is 1. The molecule has 1 aliphatic rings. The van der Waals surface area contributed by atoms with Crippen LogP contribution >= 0.6 is 11.8 Å². The first-order valence-corrected chi connectivity index (χ1v) is 4.82. The van der Waals surface area contributed by atoms with Crippen LogP contribution in [0.25, 0.3) is 0 Å². The van der Waals surface area contributed by atoms with Crippen molar-refractivity contribution in [3.05, 3.63) is 24.3 Å². The maximum atomic E-state index is 5.65. The lowest BCUT2D eigenvalue weighted by molar-refractivity contribution is 0.0455. The van der Waals surface area contributed by atoms with E-state index in [1.807, 2.05) is 30.0 Å². The Kier molecular flexibility index (Phi) is 2.23. The van der Waals surface area contributed by atoms with Crippen LogP contribution in [0.5, 0.6) is 0 Å². The Hall–Kier alpha value is -0.670. The standard InChI is InChI=1S/C9H11NOS/c10-7-2-1-3-8(4-7)12-9-5-11-6-9/h1-4,9H,5-6,10H2. The molecule has 12 heavy (non-hydrogen) atoms. The fourth-order valence-corrected chi connectivity index (χ4v) is 2.14. The van der Waals surface area contributed by atoms with Crippen LogP contribution in [0.15, 0.2) is 29.2 Å². The SMILES string of the molecule is Nc1cccc(SC2COC2)c1. The molecule has 0 amide bonds. The van der Waals surface area contributed by atoms with Crippen LogP contribution in [0.4, 0.5) is 5.69 Å². The number of rotatable bonds is 2. The van der Waals surface area contributed by atoms with Crippen molar-refractivity contribution in [2.24, 2.45) is 0 Å². The van der Waals surface area contributed by atoms with Gasteiger partial charge in [0, 0.05) is 10.6 Å². The van der Waals surface area contributed by atoms with Gasteiger partial charge in [0.05, 0.1) is 18.5 Å². The molecule has 1 saturated heterocycles. The molecule has 0 saturated carbocycles. The third kappa shape index (κ3) is 1.73. The number of nitrogens with two attached hydrogens (primary N) is 1. The molecule has 0 bridgehead atoms. The van der Waals surface area contributed by atoms with E-state index in [2.05, 4.69) is 6.07 Å². The molecule has 0 aromatic heterocycles. The molecule has 3 heteroatoms. The summed E-state index contributed by atoms with van der Waals surface area (Å²) < 4.78 is 5.09. The molecule has 2 nitrogen and oxygen atoms in total. The summed E-state index contributed by atoms with van der Waals surface area (Å²) in [6.07, 6.45) is 0. The molecule has 1 aromatic rings. The summed E-state index contributed by atoms with van der Waals surface area (Å²) in [5, 5.41) is 0.631. The second kappa shape index (κ2) is 3.37. The minimum Gasteiger partial charge on any atom is -0.399 e. The van der Waals surface area contributed by atoms with E-state index in [0.717, 1.165) is 18.9 Å². The van der Waals surface area contributed by atoms with Crippen LogP contribution in [0.3, 0.4) is 0 Å². The highest BCUT2D eigenvalue weighted by atomic mass is 32.2. The Labute approximate surface area is 76.1 Å². The first kappa shape index (κ1) is 7.95. The highest BCUT2D eigenvalue weighted by Gasteiger charge is 2.19. The number of ether oxygens (including phenoxy) is 1. The van der Waals surface area contributed by atoms with Crippen LogP contribution in [-0.4, -0.2) is 18.5 Å². The Morgan fingerprint density at radius 1 is 1.42 bits per heavy atom. The molecular weight excluding hydrogens is 170 g/mol. The van der Waals surface area contributed by atoms with Gasteiger partial charge in [0.15, 0.2) is 0 Å². The van der Waals surface area contributed by atoms with E-state index in [9.17, 15) is 0 Å². The zero-order valence-electron chi connectivity index (χ0n) is 6.69. The summed E-state index contributed by atoms with van der Waals surface area (Å²) in [5.41, 5.74) is 6.48. The summed E-state index contributed by atoms with van der Waals surface area (Å²) in [4.78, 5) is 1.24. The maximum Gasteiger partial charge on any atom is 0.0611 e. The first-order chi connectivity index (χ1) is 5.84. The molecule has 2 N–H and O–H groups in total. The third-order valence-electron chi connectivity index (χ3n) is 1.77. The predicted molar refractivity (Wildman–Crippen MR) is 51.3 cm³/mol. The number of benzene rings is 1. The second-order valence-corrected chi connectivity index (χ2v) is 4.22. The zero-order chi connectivity index (χ0) is 8.39. The fraction of sp³-hybridized carbons (Fsp3) is 0.333. The normalized spacial score (nSPS) is 17.3. The Morgan fingerprint density at radius 2 is 2.25 bits per heavy atom. The van der Waals surface area contributed by atoms with E-state index in [1.165, 1.54) is 4.90 Å². The minimum absolute atomic E-state index is 0.631. The predicted octanol–water partition coefficient (Wildman–Crippen LogP) is 1.76. The third-order valence-corrected chi connectivity index (χ3v) is 2.90. The summed E-state index contributed by atoms with van der Waals surface area (Å²) in [6.45, 7) is 1.75. The van der Waals surface area contributed by atoms with Gasteiger partial charge in [0.25, 0.3) is 0 Å². The highest BCUT2D eigenvalue weighted by molar-refractivity contribution is 8.00. The molecule has 1 heterocycles. The largest absolute Gasteiger partial charge is 0.399 e. The highest BCUT2D eigenvalue weighted by Crippen LogP contribution is 2.28. The lowest BCUT2D eigenvalue weighted by Gasteiger charge is -2.25. The Bertz CT molecular complexity index is 273. The lowest BCUT2D eigenvalue weighted by Crippen LogP contribution is -2.29. The van der Waals surface area contributed by atoms with Crippen LogP contribution in [0, 0.1) is 0 Å². The molecule has 1 fully saturated rings. The molecule has 1 aliphatic heterocycles. The van der Waals surface area contributed by atoms with Gasteiger partial charge < -0.3 is 10.5 Å². The van der Waals surface area contributed by atoms with Crippen LogP contribution < -0.4 is 5.73 Å². The molecule has 2 rings (SSSR count). The van der Waals surface area contributed by atoms with Gasteiger partial charge in [-0.25, -0.2) is 0 Å². The summed E-state index contributed by atoms with van der Waals surface area (Å²) in [7, 11) is 0. The Balaban J connectivity index is 2.02. The average Bonchev–Trinajstić information content (AvgIpc) is 1.97. The molecule has 0 unspecified atom stereocenters. The van der Waals surface area contributed by atoms with Crippen molar-refractivity contribution in [3.63, 3.8) is 0 Å². The van der Waals surface area contributed by atoms with E-state index in [0.29, 0.717) is 5.25 Å². The van der Waals surface area contributed by atoms with Gasteiger partial charge in [-0.1, -0.05) is 6.07 Å². The van der Waals surface area contributed by atoms with Crippen LogP contribution in [-0.2, 0) is 4.74 Å². The number of thioether (sulfide) groups is 1. The smallest absolute Gasteiger partial charge is 0.0611 e. The summed E-state index contributed by atoms with van der Waals surface area (Å²) in [5.74, 6) is 0. The second-order valence-electron chi connectivity index (χ2n) is 2.85. The van der Waals surface area contributed by atoms with E-state index in [-0.39, 0.29) is 0 Å². The Morgan fingerprint density at radius 3 is 2.83 bits per heavy atom. The lowest BCUT2D eigenvalue weighted by atomic mass is 10.3. The monoisotopic (exact) mass is 181 g/mol. The first-order valence-electron chi connectivity index (χ1n) is 3.94. The quantitative estimate of drug-likeness (QED) is 0.706. The summed E-state index contributed by atoms with van der Waals surface area (Å²) >= 11 is 1.84. The molecule has 1 aromatic carbocycles. The van der Waals surface area contributed by atoms with Gasteiger partial charge in [0.1, 0.15) is 0 Å². The molecule has 0 atom stereocenters. The zero-order valence-corrected chi connectivity index (χ0v) is 7.51. The van der Waals surface area contributed by atoms with Crippen LogP contribution in [0.2, 0.25) is 0 Å². The molecule has 64 valence electrons. The molecule has 0 aliphatic carbocycles. The number of anilines is 1. The van der Waals surface area contributed by atoms with E-state index < -0.39 is 0 Å². The molecule has 0 spiro atoms.